The summed E-state index contributed by atoms with van der Waals surface area (Å²) in [6, 6.07) is 0. The minimum atomic E-state index is -2.37. The third-order valence-electron chi connectivity index (χ3n) is 6.49. The summed E-state index contributed by atoms with van der Waals surface area (Å²) in [5, 5.41) is 0. The zero-order chi connectivity index (χ0) is 31.3. The highest BCUT2D eigenvalue weighted by Crippen LogP contribution is 2.51. The van der Waals surface area contributed by atoms with E-state index in [2.05, 4.69) is 168 Å². The van der Waals surface area contributed by atoms with Crippen LogP contribution in [0.3, 0.4) is 0 Å². The fourth-order valence-corrected chi connectivity index (χ4v) is 79.9. The molecule has 0 atom stereocenters. The maximum Gasteiger partial charge on any atom is 0.340 e. The van der Waals surface area contributed by atoms with E-state index in [4.69, 9.17) is 4.65 Å². The van der Waals surface area contributed by atoms with Gasteiger partial charge in [0.2, 0.25) is 0 Å². The quantitative estimate of drug-likeness (QED) is 0.192. The zero-order valence-electron chi connectivity index (χ0n) is 29.8. The number of nitrogens with zero attached hydrogens (tertiary/aromatic N) is 3. The molecule has 0 aromatic rings. The zero-order valence-corrected chi connectivity index (χ0v) is 39.8. The van der Waals surface area contributed by atoms with E-state index in [-0.39, 0.29) is 0 Å². The molecule has 2 aliphatic heterocycles. The second-order valence-electron chi connectivity index (χ2n) is 19.2. The van der Waals surface area contributed by atoms with E-state index in [0.29, 0.717) is 0 Å². The van der Waals surface area contributed by atoms with Crippen molar-refractivity contribution in [3.63, 3.8) is 0 Å². The summed E-state index contributed by atoms with van der Waals surface area (Å²) in [4.78, 5) is 0. The lowest BCUT2D eigenvalue weighted by Gasteiger charge is -2.86. The minimum absolute atomic E-state index is 1.59. The molecule has 0 amide bonds. The first-order chi connectivity index (χ1) is 16.6. The average molecular weight is 714 g/mol. The van der Waals surface area contributed by atoms with Crippen LogP contribution >= 0.6 is 0 Å². The third-order valence-corrected chi connectivity index (χ3v) is 58.4. The van der Waals surface area contributed by atoms with Crippen LogP contribution in [-0.4, -0.2) is 95.5 Å². The van der Waals surface area contributed by atoms with Gasteiger partial charge >= 0.3 is 26.2 Å². The van der Waals surface area contributed by atoms with Crippen LogP contribution in [0.25, 0.3) is 0 Å². The molecule has 8 nitrogen and oxygen atoms in total. The molecule has 232 valence electrons. The Labute approximate surface area is 254 Å². The highest BCUT2D eigenvalue weighted by Gasteiger charge is 2.89. The number of hydrogen-bond acceptors (Lipinski definition) is 8. The maximum absolute atomic E-state index is 4.71. The highest BCUT2D eigenvalue weighted by atomic mass is 28.6. The van der Waals surface area contributed by atoms with Crippen molar-refractivity contribution >= 4 is 83.8 Å². The van der Waals surface area contributed by atoms with Gasteiger partial charge in [0.15, 0.2) is 0 Å². The predicted octanol–water partition coefficient (Wildman–Crippen LogP) is 5.02. The Bertz CT molecular complexity index is 822. The first kappa shape index (κ1) is 37.0. The second kappa shape index (κ2) is 10.5. The summed E-state index contributed by atoms with van der Waals surface area (Å²) in [6.07, 6.45) is 0. The normalized spacial score (nSPS) is 23.6. The maximum atomic E-state index is 4.71. The van der Waals surface area contributed by atoms with Crippen molar-refractivity contribution in [2.24, 2.45) is 0 Å². The number of rotatable bonds is 11. The van der Waals surface area contributed by atoms with Crippen molar-refractivity contribution in [2.45, 2.75) is 137 Å². The molecular weight excluding hydrogens is 645 g/mol. The van der Waals surface area contributed by atoms with Gasteiger partial charge in [0.05, 0.1) is 0 Å². The topological polar surface area (TPSA) is 69.9 Å². The summed E-state index contributed by atoms with van der Waals surface area (Å²) in [5.74, 6) is 0. The van der Waals surface area contributed by atoms with Gasteiger partial charge in [-0.25, -0.2) is 0 Å². The first-order valence-corrected chi connectivity index (χ1v) is 45.0. The van der Waals surface area contributed by atoms with Crippen LogP contribution in [0.1, 0.15) is 0 Å². The Hall–Kier alpha value is 1.85. The molecule has 5 N–H and O–H groups in total. The molecule has 1 spiro atoms. The summed E-state index contributed by atoms with van der Waals surface area (Å²) in [5.41, 5.74) is 0. The van der Waals surface area contributed by atoms with Crippen molar-refractivity contribution in [2.75, 3.05) is 0 Å². The Morgan fingerprint density at radius 2 is 0.641 bits per heavy atom. The molecule has 0 aromatic heterocycles. The van der Waals surface area contributed by atoms with Gasteiger partial charge in [0, 0.05) is 0 Å². The minimum Gasteiger partial charge on any atom is -0.324 e. The molecule has 0 aromatic carbocycles. The smallest absolute Gasteiger partial charge is 0.324 e. The van der Waals surface area contributed by atoms with E-state index >= 15 is 0 Å². The van der Waals surface area contributed by atoms with E-state index in [0.717, 1.165) is 0 Å². The van der Waals surface area contributed by atoms with Gasteiger partial charge in [0.1, 0.15) is 57.6 Å². The molecule has 2 heterocycles. The van der Waals surface area contributed by atoms with Crippen LogP contribution in [-0.2, 0) is 0 Å². The van der Waals surface area contributed by atoms with E-state index in [9.17, 15) is 0 Å². The third kappa shape index (κ3) is 7.75. The molecule has 0 bridgehead atoms. The lowest BCUT2D eigenvalue weighted by atomic mass is 11.8. The number of nitrogens with one attached hydrogen (secondary N) is 5. The summed E-state index contributed by atoms with van der Waals surface area (Å²) >= 11 is 0. The van der Waals surface area contributed by atoms with E-state index in [1.807, 2.05) is 0 Å². The standard InChI is InChI=1S/C21H68N8Si10/c1-30(2,3)22-37(23-31(4,5)6)26-39(27(37)34(13,14)15)28(35(16,17)18)38(24-32(7,8)9,25-33(10,11)12)29(39)36(19,20)21/h22-26H,1-21H3. The Kier molecular flexibility index (Phi) is 9.93. The molecule has 2 fully saturated rings. The summed E-state index contributed by atoms with van der Waals surface area (Å²) in [6.45, 7) is 53.8. The first-order valence-electron chi connectivity index (χ1n) is 15.0. The Morgan fingerprint density at radius 1 is 0.385 bits per heavy atom. The van der Waals surface area contributed by atoms with Crippen LogP contribution in [0.2, 0.25) is 137 Å². The molecule has 18 heteroatoms. The van der Waals surface area contributed by atoms with Gasteiger partial charge in [-0.05, 0) is 0 Å². The molecular formula is C21H68N8Si10. The molecule has 39 heavy (non-hydrogen) atoms. The van der Waals surface area contributed by atoms with Gasteiger partial charge in [-0.1, -0.05) is 137 Å². The highest BCUT2D eigenvalue weighted by molar-refractivity contribution is 7.31. The Morgan fingerprint density at radius 3 is 0.846 bits per heavy atom. The number of hydrogen-bond donors (Lipinski definition) is 5. The second-order valence-corrected chi connectivity index (χ2v) is 67.3. The molecule has 0 saturated carbocycles. The predicted molar refractivity (Wildman–Crippen MR) is 202 cm³/mol. The van der Waals surface area contributed by atoms with Crippen molar-refractivity contribution in [3.8, 4) is 0 Å². The summed E-state index contributed by atoms with van der Waals surface area (Å²) in [7, 11) is -18.8. The van der Waals surface area contributed by atoms with E-state index in [1.54, 1.807) is 0 Å². The van der Waals surface area contributed by atoms with Gasteiger partial charge in [-0.15, -0.1) is 0 Å². The monoisotopic (exact) mass is 712 g/mol. The molecule has 2 saturated heterocycles. The van der Waals surface area contributed by atoms with Crippen molar-refractivity contribution in [1.29, 1.82) is 0 Å². The van der Waals surface area contributed by atoms with Crippen LogP contribution in [0.15, 0.2) is 0 Å². The van der Waals surface area contributed by atoms with E-state index < -0.39 is 83.8 Å². The van der Waals surface area contributed by atoms with Gasteiger partial charge in [0.25, 0.3) is 0 Å². The van der Waals surface area contributed by atoms with Gasteiger partial charge < -0.3 is 18.6 Å². The van der Waals surface area contributed by atoms with Gasteiger partial charge in [-0.2, -0.15) is 0 Å². The lowest BCUT2D eigenvalue weighted by molar-refractivity contribution is 0.437. The lowest BCUT2D eigenvalue weighted by Crippen LogP contribution is -3.25. The van der Waals surface area contributed by atoms with Crippen LogP contribution in [0.4, 0.5) is 0 Å². The molecule has 0 radical (unpaired) electrons. The summed E-state index contributed by atoms with van der Waals surface area (Å²) < 4.78 is 32.4. The SMILES string of the molecule is C[Si](C)(C)N[Si]1(N[Si](C)(C)C)N[Si]2(N1[Si](C)(C)C)N([Si](C)(C)C)[Si](N[Si](C)(C)C)(N[Si](C)(C)C)N2[Si](C)(C)C. The molecule has 0 aliphatic carbocycles. The van der Waals surface area contributed by atoms with Crippen LogP contribution < -0.4 is 23.2 Å². The van der Waals surface area contributed by atoms with Gasteiger partial charge in [-0.3, -0.25) is 16.3 Å². The van der Waals surface area contributed by atoms with Crippen molar-refractivity contribution < 1.29 is 0 Å². The fourth-order valence-electron chi connectivity index (χ4n) is 6.92. The Balaban J connectivity index is 3.01. The molecule has 0 unspecified atom stereocenters. The van der Waals surface area contributed by atoms with Crippen molar-refractivity contribution in [3.05, 3.63) is 0 Å². The van der Waals surface area contributed by atoms with Crippen molar-refractivity contribution in [1.82, 2.24) is 34.9 Å². The van der Waals surface area contributed by atoms with Crippen LogP contribution in [0, 0.1) is 0 Å². The van der Waals surface area contributed by atoms with Crippen LogP contribution in [0.5, 0.6) is 0 Å². The average Bonchev–Trinajstić information content (AvgIpc) is 2.39. The fraction of sp³-hybridized carbons (Fsp3) is 1.00. The largest absolute Gasteiger partial charge is 0.340 e. The molecule has 2 aliphatic rings. The molecule has 2 rings (SSSR count). The van der Waals surface area contributed by atoms with E-state index in [1.165, 1.54) is 0 Å².